The first-order chi connectivity index (χ1) is 20.9. The van der Waals surface area contributed by atoms with Crippen LogP contribution in [0.25, 0.3) is 11.0 Å². The molecule has 4 rings (SSSR count). The number of nitrogens with zero attached hydrogens (tertiary/aromatic N) is 4. The van der Waals surface area contributed by atoms with Crippen LogP contribution in [0.3, 0.4) is 0 Å². The molecule has 2 aliphatic rings. The second-order valence-corrected chi connectivity index (χ2v) is 11.9. The summed E-state index contributed by atoms with van der Waals surface area (Å²) in [5, 5.41) is 1.30. The number of unbranched alkanes of at least 4 members (excludes halogenated alkanes) is 2. The zero-order valence-electron chi connectivity index (χ0n) is 30.8. The van der Waals surface area contributed by atoms with Crippen LogP contribution >= 0.6 is 0 Å². The Morgan fingerprint density at radius 3 is 1.73 bits per heavy atom. The van der Waals surface area contributed by atoms with E-state index in [1.807, 2.05) is 20.8 Å². The summed E-state index contributed by atoms with van der Waals surface area (Å²) in [5.74, 6) is 1.55. The van der Waals surface area contributed by atoms with Gasteiger partial charge < -0.3 is 14.3 Å². The largest absolute Gasteiger partial charge is 0.329 e. The van der Waals surface area contributed by atoms with E-state index in [-0.39, 0.29) is 7.43 Å². The normalized spacial score (nSPS) is 14.5. The van der Waals surface area contributed by atoms with Gasteiger partial charge in [0, 0.05) is 23.8 Å². The van der Waals surface area contributed by atoms with Crippen LogP contribution in [-0.4, -0.2) is 45.9 Å². The number of carbonyl (C=O) groups excluding carboxylic acids is 1. The van der Waals surface area contributed by atoms with Crippen LogP contribution in [0.1, 0.15) is 196 Å². The molecule has 0 aromatic carbocycles. The highest BCUT2D eigenvalue weighted by molar-refractivity contribution is 5.80. The summed E-state index contributed by atoms with van der Waals surface area (Å²) in [7, 11) is 2.19. The molecule has 260 valence electrons. The molecule has 0 amide bonds. The molecule has 0 spiro atoms. The number of aldehydes is 1. The first-order valence-electron chi connectivity index (χ1n) is 18.3. The lowest BCUT2D eigenvalue weighted by molar-refractivity contribution is -0.106. The fourth-order valence-electron chi connectivity index (χ4n) is 5.66. The molecule has 5 heteroatoms. The number of aromatic nitrogens is 3. The van der Waals surface area contributed by atoms with Gasteiger partial charge in [-0.2, -0.15) is 0 Å². The predicted molar refractivity (Wildman–Crippen MR) is 199 cm³/mol. The molecule has 0 bridgehead atoms. The maximum Gasteiger partial charge on any atom is 0.144 e. The van der Waals surface area contributed by atoms with Gasteiger partial charge in [0.05, 0.1) is 0 Å². The van der Waals surface area contributed by atoms with Gasteiger partial charge in [-0.25, -0.2) is 9.97 Å². The second kappa shape index (κ2) is 32.6. The molecule has 44 heavy (non-hydrogen) atoms. The highest BCUT2D eigenvalue weighted by Crippen LogP contribution is 2.37. The summed E-state index contributed by atoms with van der Waals surface area (Å²) in [6.45, 7) is 23.4. The van der Waals surface area contributed by atoms with Crippen molar-refractivity contribution in [2.45, 2.75) is 191 Å². The lowest BCUT2D eigenvalue weighted by Crippen LogP contribution is -2.24. The van der Waals surface area contributed by atoms with Crippen molar-refractivity contribution in [3.63, 3.8) is 0 Å². The minimum Gasteiger partial charge on any atom is -0.329 e. The number of fused-ring (bicyclic) bond motifs is 1. The van der Waals surface area contributed by atoms with Crippen LogP contribution in [0, 0.1) is 6.92 Å². The smallest absolute Gasteiger partial charge is 0.144 e. The lowest BCUT2D eigenvalue weighted by Gasteiger charge is -2.24. The summed E-state index contributed by atoms with van der Waals surface area (Å²) >= 11 is 0. The third-order valence-corrected chi connectivity index (χ3v) is 7.69. The van der Waals surface area contributed by atoms with Crippen molar-refractivity contribution in [1.29, 1.82) is 0 Å². The number of rotatable bonds is 8. The molecule has 2 fully saturated rings. The summed E-state index contributed by atoms with van der Waals surface area (Å²) in [6, 6.07) is 0.637. The van der Waals surface area contributed by atoms with E-state index >= 15 is 0 Å². The van der Waals surface area contributed by atoms with Gasteiger partial charge in [0.15, 0.2) is 0 Å². The molecule has 0 atom stereocenters. The summed E-state index contributed by atoms with van der Waals surface area (Å²) in [4.78, 5) is 20.5. The minimum atomic E-state index is 0. The van der Waals surface area contributed by atoms with E-state index in [0.717, 1.165) is 12.1 Å². The zero-order chi connectivity index (χ0) is 32.9. The predicted octanol–water partition coefficient (Wildman–Crippen LogP) is 12.5. The molecular weight excluding hydrogens is 540 g/mol. The van der Waals surface area contributed by atoms with E-state index in [4.69, 9.17) is 9.78 Å². The summed E-state index contributed by atoms with van der Waals surface area (Å²) in [5.41, 5.74) is 2.67. The number of aryl methyl sites for hydroxylation is 1. The number of hydrogen-bond acceptors (Lipinski definition) is 4. The zero-order valence-corrected chi connectivity index (χ0v) is 30.8. The van der Waals surface area contributed by atoms with Crippen molar-refractivity contribution in [2.75, 3.05) is 20.1 Å². The molecule has 0 unspecified atom stereocenters. The van der Waals surface area contributed by atoms with Gasteiger partial charge in [-0.15, -0.1) is 0 Å². The second-order valence-electron chi connectivity index (χ2n) is 11.9. The Morgan fingerprint density at radius 1 is 0.864 bits per heavy atom. The molecule has 3 heterocycles. The van der Waals surface area contributed by atoms with Gasteiger partial charge >= 0.3 is 0 Å². The molecule has 1 aliphatic carbocycles. The van der Waals surface area contributed by atoms with Crippen LogP contribution in [0.2, 0.25) is 0 Å². The van der Waals surface area contributed by atoms with Crippen molar-refractivity contribution in [1.82, 2.24) is 19.4 Å². The highest BCUT2D eigenvalue weighted by Gasteiger charge is 2.23. The van der Waals surface area contributed by atoms with E-state index in [2.05, 4.69) is 75.4 Å². The van der Waals surface area contributed by atoms with E-state index in [1.165, 1.54) is 139 Å². The fraction of sp³-hybridized carbons (Fsp3) is 0.821. The Labute approximate surface area is 276 Å². The highest BCUT2D eigenvalue weighted by atomic mass is 16.1. The number of likely N-dealkylation sites (tertiary alicyclic amines) is 1. The maximum absolute atomic E-state index is 8.81. The Bertz CT molecular complexity index is 858. The monoisotopic (exact) mass is 619 g/mol. The third kappa shape index (κ3) is 20.3. The average Bonchev–Trinajstić information content (AvgIpc) is 3.39. The SMILES string of the molecule is C.CC.CC=O.CCC.CCCC(CCC)c1cn(C2CCCCC2)c2nc(C)ncc12.CCCCC.CN1CCCCC1. The topological polar surface area (TPSA) is 51.0 Å². The minimum absolute atomic E-state index is 0. The summed E-state index contributed by atoms with van der Waals surface area (Å²) < 4.78 is 2.50. The Balaban J connectivity index is -0.000000657. The quantitative estimate of drug-likeness (QED) is 0.276. The first-order valence-corrected chi connectivity index (χ1v) is 18.3. The van der Waals surface area contributed by atoms with Crippen LogP contribution in [0.4, 0.5) is 0 Å². The Kier molecular flexibility index (Phi) is 34.6. The molecule has 1 saturated carbocycles. The van der Waals surface area contributed by atoms with E-state index in [1.54, 1.807) is 0 Å². The Morgan fingerprint density at radius 2 is 1.34 bits per heavy atom. The van der Waals surface area contributed by atoms with Crippen LogP contribution in [0.5, 0.6) is 0 Å². The number of hydrogen-bond donors (Lipinski definition) is 0. The van der Waals surface area contributed by atoms with Gasteiger partial charge in [0.2, 0.25) is 0 Å². The third-order valence-electron chi connectivity index (χ3n) is 7.69. The molecule has 2 aromatic heterocycles. The standard InChI is InChI=1S/C20H31N3.C6H13N.C5H12.C3H8.C2H4O.C2H6.CH4/c1-4-9-16(10-5-2)19-14-23(17-11-7-6-8-12-17)20-18(19)13-21-15(3)22-20;1-7-5-3-2-4-6-7;1-3-5-4-2;1-3-2;1-2-3;1-2;/h13-14,16-17H,4-12H2,1-3H3;2-6H2,1H3;3-5H2,1-2H3;3H2,1-2H3;2H,1H3;1-2H3;1H4. The van der Waals surface area contributed by atoms with Gasteiger partial charge in [-0.05, 0) is 84.0 Å². The molecule has 2 aromatic rings. The molecule has 1 saturated heterocycles. The van der Waals surface area contributed by atoms with Crippen molar-refractivity contribution in [2.24, 2.45) is 0 Å². The number of piperidine rings is 1. The van der Waals surface area contributed by atoms with Gasteiger partial charge in [-0.3, -0.25) is 0 Å². The van der Waals surface area contributed by atoms with Crippen molar-refractivity contribution < 1.29 is 4.79 Å². The first kappa shape index (κ1) is 46.7. The average molecular weight is 619 g/mol. The van der Waals surface area contributed by atoms with Crippen LogP contribution in [-0.2, 0) is 4.79 Å². The van der Waals surface area contributed by atoms with E-state index in [0.29, 0.717) is 12.0 Å². The van der Waals surface area contributed by atoms with Crippen LogP contribution < -0.4 is 0 Å². The fourth-order valence-corrected chi connectivity index (χ4v) is 5.66. The Hall–Kier alpha value is -1.75. The van der Waals surface area contributed by atoms with E-state index in [9.17, 15) is 0 Å². The van der Waals surface area contributed by atoms with E-state index < -0.39 is 0 Å². The van der Waals surface area contributed by atoms with Gasteiger partial charge in [0.1, 0.15) is 17.8 Å². The van der Waals surface area contributed by atoms with Crippen molar-refractivity contribution in [3.05, 3.63) is 23.8 Å². The maximum atomic E-state index is 8.81. The van der Waals surface area contributed by atoms with Crippen molar-refractivity contribution in [3.8, 4) is 0 Å². The molecule has 5 nitrogen and oxygen atoms in total. The molecule has 0 N–H and O–H groups in total. The van der Waals surface area contributed by atoms with Crippen LogP contribution in [0.15, 0.2) is 12.4 Å². The lowest BCUT2D eigenvalue weighted by atomic mass is 9.91. The van der Waals surface area contributed by atoms with Crippen molar-refractivity contribution >= 4 is 17.3 Å². The molecule has 1 aliphatic heterocycles. The van der Waals surface area contributed by atoms with Gasteiger partial charge in [-0.1, -0.05) is 127 Å². The van der Waals surface area contributed by atoms with Gasteiger partial charge in [0.25, 0.3) is 0 Å². The number of carbonyl (C=O) groups is 1. The molecular formula is C39H78N4O. The molecule has 0 radical (unpaired) electrons. The summed E-state index contributed by atoms with van der Waals surface area (Å²) in [6.07, 6.45) is 26.6.